The average molecular weight is 855 g/mol. The number of ether oxygens (including phenoxy) is 3. The summed E-state index contributed by atoms with van der Waals surface area (Å²) in [5.74, 6) is 5.15. The molecule has 4 aliphatic carbocycles. The number of aliphatic hydroxyl groups is 3. The highest BCUT2D eigenvalue weighted by Crippen LogP contribution is 2.67. The van der Waals surface area contributed by atoms with E-state index < -0.39 is 30.7 Å². The zero-order chi connectivity index (χ0) is 44.0. The first-order valence-corrected chi connectivity index (χ1v) is 26.1. The van der Waals surface area contributed by atoms with Gasteiger partial charge >= 0.3 is 5.97 Å². The molecule has 1 heterocycles. The summed E-state index contributed by atoms with van der Waals surface area (Å²) in [5, 5.41) is 32.6. The lowest BCUT2D eigenvalue weighted by Crippen LogP contribution is -2.60. The Bertz CT molecular complexity index is 1340. The number of unbranched alkanes of at least 4 members (excludes halogenated alkanes) is 13. The van der Waals surface area contributed by atoms with Crippen LogP contribution in [0.2, 0.25) is 0 Å². The van der Waals surface area contributed by atoms with E-state index in [1.54, 1.807) is 0 Å². The topological polar surface area (TPSA) is 105 Å². The van der Waals surface area contributed by atoms with Crippen LogP contribution < -0.4 is 0 Å². The van der Waals surface area contributed by atoms with Crippen molar-refractivity contribution >= 4 is 5.97 Å². The Morgan fingerprint density at radius 3 is 2.11 bits per heavy atom. The monoisotopic (exact) mass is 855 g/mol. The molecule has 3 N–H and O–H groups in total. The van der Waals surface area contributed by atoms with E-state index in [-0.39, 0.29) is 24.1 Å². The van der Waals surface area contributed by atoms with Gasteiger partial charge in [-0.15, -0.1) is 0 Å². The lowest BCUT2D eigenvalue weighted by molar-refractivity contribution is -0.313. The third-order valence-corrected chi connectivity index (χ3v) is 17.6. The second kappa shape index (κ2) is 24.9. The fraction of sp³-hybridized carbons (Fsp3) is 0.907. The van der Waals surface area contributed by atoms with E-state index in [1.165, 1.54) is 121 Å². The minimum Gasteiger partial charge on any atom is -0.463 e. The number of carbonyl (C=O) groups excluding carboxylic acids is 1. The van der Waals surface area contributed by atoms with Crippen LogP contribution in [0, 0.1) is 52.3 Å². The molecule has 0 radical (unpaired) electrons. The lowest BCUT2D eigenvalue weighted by Gasteiger charge is -2.58. The van der Waals surface area contributed by atoms with Crippen LogP contribution in [-0.4, -0.2) is 64.7 Å². The van der Waals surface area contributed by atoms with Crippen molar-refractivity contribution in [2.45, 2.75) is 252 Å². The molecule has 0 aromatic carbocycles. The highest BCUT2D eigenvalue weighted by molar-refractivity contribution is 5.69. The van der Waals surface area contributed by atoms with Crippen molar-refractivity contribution in [1.82, 2.24) is 0 Å². The smallest absolute Gasteiger partial charge is 0.305 e. The van der Waals surface area contributed by atoms with Crippen molar-refractivity contribution in [3.05, 3.63) is 23.8 Å². The minimum atomic E-state index is -1.44. The Morgan fingerprint density at radius 2 is 1.44 bits per heavy atom. The standard InChI is InChI=1S/C54H94O7/c1-8-9-10-11-12-13-14-15-16-17-18-19-20-21-22-23-24-25-48(55)59-37-47-49(56)50(57)51(58)52(61-47)60-42-32-34-53(6)41(36-42)28-29-43-45-31-30-44(54(45,7)35-33-46(43)53)40(5)27-26-39(4)38(2)3/h15-16,28,38-40,42-47,49-52,56-58H,8-14,17-27,29-37H2,1-7H3/b16-15-. The van der Waals surface area contributed by atoms with Crippen LogP contribution in [0.25, 0.3) is 0 Å². The number of allylic oxidation sites excluding steroid dienone is 3. The van der Waals surface area contributed by atoms with Gasteiger partial charge in [0.25, 0.3) is 0 Å². The van der Waals surface area contributed by atoms with Crippen LogP contribution in [0.3, 0.4) is 0 Å². The molecule has 1 saturated heterocycles. The second-order valence-corrected chi connectivity index (χ2v) is 22.0. The Kier molecular flexibility index (Phi) is 20.7. The summed E-state index contributed by atoms with van der Waals surface area (Å²) in [7, 11) is 0. The Hall–Kier alpha value is -1.25. The fourth-order valence-electron chi connectivity index (χ4n) is 13.1. The van der Waals surface area contributed by atoms with Gasteiger partial charge in [-0.3, -0.25) is 4.79 Å². The number of hydrogen-bond donors (Lipinski definition) is 3. The van der Waals surface area contributed by atoms with E-state index in [9.17, 15) is 20.1 Å². The van der Waals surface area contributed by atoms with Crippen LogP contribution in [0.5, 0.6) is 0 Å². The van der Waals surface area contributed by atoms with Gasteiger partial charge in [0, 0.05) is 6.42 Å². The maximum absolute atomic E-state index is 12.6. The van der Waals surface area contributed by atoms with Gasteiger partial charge in [0.05, 0.1) is 6.10 Å². The van der Waals surface area contributed by atoms with Crippen molar-refractivity contribution in [2.24, 2.45) is 52.3 Å². The number of esters is 1. The van der Waals surface area contributed by atoms with Crippen molar-refractivity contribution in [3.63, 3.8) is 0 Å². The Balaban J connectivity index is 0.988. The molecule has 5 aliphatic rings. The molecule has 14 atom stereocenters. The molecule has 5 rings (SSSR count). The van der Waals surface area contributed by atoms with Gasteiger partial charge in [-0.1, -0.05) is 149 Å². The van der Waals surface area contributed by atoms with Gasteiger partial charge in [-0.2, -0.15) is 0 Å². The van der Waals surface area contributed by atoms with Gasteiger partial charge < -0.3 is 29.5 Å². The van der Waals surface area contributed by atoms with Crippen molar-refractivity contribution in [2.75, 3.05) is 6.61 Å². The van der Waals surface area contributed by atoms with E-state index in [0.717, 1.165) is 80.5 Å². The van der Waals surface area contributed by atoms with Crippen LogP contribution in [0.4, 0.5) is 0 Å². The Morgan fingerprint density at radius 1 is 0.787 bits per heavy atom. The van der Waals surface area contributed by atoms with Gasteiger partial charge in [0.15, 0.2) is 6.29 Å². The predicted molar refractivity (Wildman–Crippen MR) is 249 cm³/mol. The van der Waals surface area contributed by atoms with E-state index in [2.05, 4.69) is 66.7 Å². The van der Waals surface area contributed by atoms with Gasteiger partial charge in [-0.05, 0) is 136 Å². The molecular formula is C54H94O7. The molecule has 4 fully saturated rings. The van der Waals surface area contributed by atoms with Gasteiger partial charge in [0.1, 0.15) is 31.0 Å². The van der Waals surface area contributed by atoms with Crippen molar-refractivity contribution in [1.29, 1.82) is 0 Å². The maximum Gasteiger partial charge on any atom is 0.305 e. The summed E-state index contributed by atoms with van der Waals surface area (Å²) in [4.78, 5) is 12.6. The maximum atomic E-state index is 12.6. The first-order chi connectivity index (χ1) is 29.3. The highest BCUT2D eigenvalue weighted by Gasteiger charge is 2.59. The molecule has 0 aromatic rings. The minimum absolute atomic E-state index is 0.142. The number of aliphatic hydroxyl groups excluding tert-OH is 3. The first kappa shape index (κ1) is 50.7. The normalized spacial score (nSPS) is 36.0. The molecule has 0 amide bonds. The zero-order valence-electron chi connectivity index (χ0n) is 40.3. The molecule has 0 spiro atoms. The second-order valence-electron chi connectivity index (χ2n) is 22.0. The predicted octanol–water partition coefficient (Wildman–Crippen LogP) is 12.8. The van der Waals surface area contributed by atoms with E-state index >= 15 is 0 Å². The molecule has 0 aromatic heterocycles. The van der Waals surface area contributed by atoms with Gasteiger partial charge in [-0.25, -0.2) is 0 Å². The highest BCUT2D eigenvalue weighted by atomic mass is 16.7. The lowest BCUT2D eigenvalue weighted by atomic mass is 9.47. The van der Waals surface area contributed by atoms with E-state index in [0.29, 0.717) is 17.8 Å². The number of hydrogen-bond acceptors (Lipinski definition) is 7. The number of carbonyl (C=O) groups is 1. The number of fused-ring (bicyclic) bond motifs is 5. The quantitative estimate of drug-likeness (QED) is 0.0452. The van der Waals surface area contributed by atoms with Crippen LogP contribution >= 0.6 is 0 Å². The summed E-state index contributed by atoms with van der Waals surface area (Å²) in [5.41, 5.74) is 2.12. The summed E-state index contributed by atoms with van der Waals surface area (Å²) in [6.07, 6.45) is 31.6. The molecule has 7 heteroatoms. The van der Waals surface area contributed by atoms with Crippen molar-refractivity contribution < 1.29 is 34.3 Å². The molecule has 14 unspecified atom stereocenters. The Labute approximate surface area is 374 Å². The summed E-state index contributed by atoms with van der Waals surface area (Å²) in [6, 6.07) is 0. The largest absolute Gasteiger partial charge is 0.463 e. The molecular weight excluding hydrogens is 761 g/mol. The molecule has 0 bridgehead atoms. The first-order valence-electron chi connectivity index (χ1n) is 26.1. The molecule has 1 aliphatic heterocycles. The summed E-state index contributed by atoms with van der Waals surface area (Å²) < 4.78 is 18.1. The summed E-state index contributed by atoms with van der Waals surface area (Å²) in [6.45, 7) is 17.0. The molecule has 7 nitrogen and oxygen atoms in total. The molecule has 3 saturated carbocycles. The number of rotatable bonds is 26. The van der Waals surface area contributed by atoms with Crippen LogP contribution in [0.1, 0.15) is 215 Å². The van der Waals surface area contributed by atoms with Crippen LogP contribution in [-0.2, 0) is 19.0 Å². The average Bonchev–Trinajstić information content (AvgIpc) is 3.60. The van der Waals surface area contributed by atoms with Gasteiger partial charge in [0.2, 0.25) is 0 Å². The fourth-order valence-corrected chi connectivity index (χ4v) is 13.1. The van der Waals surface area contributed by atoms with Crippen LogP contribution in [0.15, 0.2) is 23.8 Å². The van der Waals surface area contributed by atoms with E-state index in [1.807, 2.05) is 0 Å². The molecule has 61 heavy (non-hydrogen) atoms. The third-order valence-electron chi connectivity index (χ3n) is 17.6. The summed E-state index contributed by atoms with van der Waals surface area (Å²) >= 11 is 0. The SMILES string of the molecule is CCCCCCCC/C=C\CCCCCCCCCC(=O)OCC1OC(OC2CCC3(C)C(=CCC4C3CCC3(C)C(C(C)CCC(C)C(C)C)CCC43)C2)C(O)C(O)C1O. The zero-order valence-corrected chi connectivity index (χ0v) is 40.3. The molecule has 352 valence electrons. The van der Waals surface area contributed by atoms with E-state index in [4.69, 9.17) is 14.2 Å². The van der Waals surface area contributed by atoms with Crippen molar-refractivity contribution in [3.8, 4) is 0 Å². The third kappa shape index (κ3) is 13.6.